The number of hydrazine groups is 1. The number of allylic oxidation sites excluding steroid dienone is 1. The third kappa shape index (κ3) is 6.24. The number of rotatable bonds is 6. The van der Waals surface area contributed by atoms with Crippen LogP contribution in [-0.4, -0.2) is 11.7 Å². The molecule has 0 saturated carbocycles. The van der Waals surface area contributed by atoms with E-state index in [1.54, 1.807) is 18.7 Å². The third-order valence-electron chi connectivity index (χ3n) is 1.83. The van der Waals surface area contributed by atoms with E-state index in [9.17, 15) is 4.79 Å². The molecule has 92 valence electrons. The lowest BCUT2D eigenvalue weighted by Crippen LogP contribution is -2.36. The van der Waals surface area contributed by atoms with E-state index in [4.69, 9.17) is 11.6 Å². The van der Waals surface area contributed by atoms with Crippen LogP contribution >= 0.6 is 23.4 Å². The van der Waals surface area contributed by atoms with Crippen molar-refractivity contribution in [1.29, 1.82) is 0 Å². The molecule has 1 aromatic carbocycles. The molecule has 0 aliphatic heterocycles. The minimum absolute atomic E-state index is 0.0630. The minimum atomic E-state index is -0.0630. The van der Waals surface area contributed by atoms with Crippen LogP contribution in [0.4, 0.5) is 0 Å². The van der Waals surface area contributed by atoms with Crippen molar-refractivity contribution in [3.8, 4) is 0 Å². The maximum Gasteiger partial charge on any atom is 0.248 e. The topological polar surface area (TPSA) is 41.1 Å². The molecule has 0 aliphatic rings. The van der Waals surface area contributed by atoms with Gasteiger partial charge in [0.2, 0.25) is 5.91 Å². The number of nitrogens with one attached hydrogen (secondary N) is 2. The Balaban J connectivity index is 2.21. The van der Waals surface area contributed by atoms with Gasteiger partial charge in [-0.3, -0.25) is 10.2 Å². The minimum Gasteiger partial charge on any atom is -0.304 e. The van der Waals surface area contributed by atoms with E-state index in [1.807, 2.05) is 24.3 Å². The zero-order valence-corrected chi connectivity index (χ0v) is 11.2. The number of thioether (sulfide) groups is 1. The van der Waals surface area contributed by atoms with Crippen molar-refractivity contribution in [2.24, 2.45) is 0 Å². The second-order valence-electron chi connectivity index (χ2n) is 3.57. The molecule has 0 bridgehead atoms. The molecule has 1 aromatic rings. The fourth-order valence-corrected chi connectivity index (χ4v) is 1.97. The first-order valence-corrected chi connectivity index (χ1v) is 6.64. The third-order valence-corrected chi connectivity index (χ3v) is 3.09. The fourth-order valence-electron chi connectivity index (χ4n) is 1.05. The van der Waals surface area contributed by atoms with Crippen LogP contribution in [0, 0.1) is 0 Å². The Morgan fingerprint density at radius 1 is 1.35 bits per heavy atom. The Kier molecular flexibility index (Phi) is 5.94. The van der Waals surface area contributed by atoms with Crippen LogP contribution in [-0.2, 0) is 10.5 Å². The highest BCUT2D eigenvalue weighted by atomic mass is 35.5. The van der Waals surface area contributed by atoms with Gasteiger partial charge in [0.1, 0.15) is 0 Å². The molecule has 17 heavy (non-hydrogen) atoms. The van der Waals surface area contributed by atoms with Crippen LogP contribution in [0.1, 0.15) is 12.5 Å². The number of amides is 1. The van der Waals surface area contributed by atoms with Crippen molar-refractivity contribution in [1.82, 2.24) is 10.9 Å². The fraction of sp³-hybridized carbons (Fsp3) is 0.250. The van der Waals surface area contributed by atoms with Crippen molar-refractivity contribution in [3.05, 3.63) is 47.1 Å². The van der Waals surface area contributed by atoms with Gasteiger partial charge in [-0.25, -0.2) is 0 Å². The largest absolute Gasteiger partial charge is 0.304 e. The van der Waals surface area contributed by atoms with Crippen LogP contribution in [0.2, 0.25) is 5.02 Å². The number of benzene rings is 1. The van der Waals surface area contributed by atoms with Crippen molar-refractivity contribution >= 4 is 29.3 Å². The van der Waals surface area contributed by atoms with Gasteiger partial charge < -0.3 is 5.43 Å². The van der Waals surface area contributed by atoms with Crippen molar-refractivity contribution < 1.29 is 4.79 Å². The van der Waals surface area contributed by atoms with Crippen LogP contribution < -0.4 is 10.9 Å². The zero-order chi connectivity index (χ0) is 12.7. The molecular formula is C12H15ClN2OS. The quantitative estimate of drug-likeness (QED) is 0.781. The molecule has 3 nitrogen and oxygen atoms in total. The molecule has 1 amide bonds. The van der Waals surface area contributed by atoms with Gasteiger partial charge in [-0.1, -0.05) is 30.3 Å². The summed E-state index contributed by atoms with van der Waals surface area (Å²) in [7, 11) is 0. The van der Waals surface area contributed by atoms with Crippen molar-refractivity contribution in [2.45, 2.75) is 12.7 Å². The first-order chi connectivity index (χ1) is 8.08. The molecule has 0 saturated heterocycles. The number of halogens is 1. The van der Waals surface area contributed by atoms with E-state index in [1.165, 1.54) is 0 Å². The van der Waals surface area contributed by atoms with Gasteiger partial charge in [-0.05, 0) is 24.6 Å². The van der Waals surface area contributed by atoms with Crippen molar-refractivity contribution in [3.63, 3.8) is 0 Å². The lowest BCUT2D eigenvalue weighted by molar-refractivity contribution is -0.119. The highest BCUT2D eigenvalue weighted by molar-refractivity contribution is 7.99. The zero-order valence-electron chi connectivity index (χ0n) is 9.63. The van der Waals surface area contributed by atoms with Gasteiger partial charge in [0, 0.05) is 16.5 Å². The molecule has 0 unspecified atom stereocenters. The van der Waals surface area contributed by atoms with E-state index in [0.717, 1.165) is 16.3 Å². The maximum atomic E-state index is 11.3. The smallest absolute Gasteiger partial charge is 0.248 e. The van der Waals surface area contributed by atoms with Gasteiger partial charge in [0.15, 0.2) is 0 Å². The van der Waals surface area contributed by atoms with Crippen LogP contribution in [0.15, 0.2) is 36.5 Å². The Morgan fingerprint density at radius 3 is 2.59 bits per heavy atom. The Morgan fingerprint density at radius 2 is 2.00 bits per heavy atom. The molecule has 0 radical (unpaired) electrons. The lowest BCUT2D eigenvalue weighted by atomic mass is 10.2. The summed E-state index contributed by atoms with van der Waals surface area (Å²) >= 11 is 7.33. The number of hydrogen-bond donors (Lipinski definition) is 2. The second kappa shape index (κ2) is 7.25. The normalized spacial score (nSPS) is 9.76. The summed E-state index contributed by atoms with van der Waals surface area (Å²) in [5, 5.41) is 0.724. The van der Waals surface area contributed by atoms with Gasteiger partial charge in [0.25, 0.3) is 0 Å². The summed E-state index contributed by atoms with van der Waals surface area (Å²) in [6, 6.07) is 7.61. The predicted molar refractivity (Wildman–Crippen MR) is 73.7 cm³/mol. The molecule has 0 aliphatic carbocycles. The molecule has 0 spiro atoms. The molecule has 5 heteroatoms. The highest BCUT2D eigenvalue weighted by Gasteiger charge is 2.01. The van der Waals surface area contributed by atoms with Gasteiger partial charge in [-0.2, -0.15) is 0 Å². The van der Waals surface area contributed by atoms with Crippen molar-refractivity contribution in [2.75, 3.05) is 5.75 Å². The summed E-state index contributed by atoms with van der Waals surface area (Å²) in [5.41, 5.74) is 7.09. The molecule has 0 fully saturated rings. The summed E-state index contributed by atoms with van der Waals surface area (Å²) < 4.78 is 0. The Labute approximate surface area is 111 Å². The van der Waals surface area contributed by atoms with Crippen LogP contribution in [0.3, 0.4) is 0 Å². The molecule has 1 rings (SSSR count). The average Bonchev–Trinajstić information content (AvgIpc) is 2.29. The summed E-state index contributed by atoms with van der Waals surface area (Å²) in [6.07, 6.45) is 0. The molecule has 2 N–H and O–H groups in total. The highest BCUT2D eigenvalue weighted by Crippen LogP contribution is 2.15. The number of hydrogen-bond acceptors (Lipinski definition) is 3. The summed E-state index contributed by atoms with van der Waals surface area (Å²) in [4.78, 5) is 11.3. The monoisotopic (exact) mass is 270 g/mol. The standard InChI is InChI=1S/C12H15ClN2OS/c1-9(2)14-15-12(16)8-17-7-10-3-5-11(13)6-4-10/h3-6,14H,1,7-8H2,2H3,(H,15,16). The molecule has 0 aromatic heterocycles. The number of carbonyl (C=O) groups is 1. The van der Waals surface area contributed by atoms with E-state index < -0.39 is 0 Å². The Hall–Kier alpha value is -1.13. The molecule has 0 heterocycles. The van der Waals surface area contributed by atoms with E-state index >= 15 is 0 Å². The van der Waals surface area contributed by atoms with Gasteiger partial charge in [-0.15, -0.1) is 11.8 Å². The second-order valence-corrected chi connectivity index (χ2v) is 4.99. The Bertz CT molecular complexity index is 392. The average molecular weight is 271 g/mol. The van der Waals surface area contributed by atoms with Crippen LogP contribution in [0.5, 0.6) is 0 Å². The molecular weight excluding hydrogens is 256 g/mol. The van der Waals surface area contributed by atoms with Crippen LogP contribution in [0.25, 0.3) is 0 Å². The van der Waals surface area contributed by atoms with Gasteiger partial charge >= 0.3 is 0 Å². The first kappa shape index (κ1) is 13.9. The summed E-state index contributed by atoms with van der Waals surface area (Å²) in [5.74, 6) is 1.13. The predicted octanol–water partition coefficient (Wildman–Crippen LogP) is 2.73. The van der Waals surface area contributed by atoms with E-state index in [0.29, 0.717) is 11.4 Å². The first-order valence-electron chi connectivity index (χ1n) is 5.10. The SMILES string of the molecule is C=C(C)NNC(=O)CSCc1ccc(Cl)cc1. The lowest BCUT2D eigenvalue weighted by Gasteiger charge is -2.07. The van der Waals surface area contributed by atoms with Gasteiger partial charge in [0.05, 0.1) is 5.75 Å². The van der Waals surface area contributed by atoms with E-state index in [2.05, 4.69) is 17.4 Å². The van der Waals surface area contributed by atoms with E-state index in [-0.39, 0.29) is 5.91 Å². The maximum absolute atomic E-state index is 11.3. The molecule has 0 atom stereocenters. The number of carbonyl (C=O) groups excluding carboxylic acids is 1. The summed E-state index contributed by atoms with van der Waals surface area (Å²) in [6.45, 7) is 5.40.